The SMILES string of the molecule is COc1ccc(-c2ccc(O)cn2)c(OC)c1. The molecule has 0 aliphatic heterocycles. The summed E-state index contributed by atoms with van der Waals surface area (Å²) in [4.78, 5) is 4.14. The first kappa shape index (κ1) is 11.3. The maximum absolute atomic E-state index is 9.20. The van der Waals surface area contributed by atoms with Crippen molar-refractivity contribution in [3.05, 3.63) is 36.5 Å². The zero-order chi connectivity index (χ0) is 12.3. The Bertz CT molecular complexity index is 509. The lowest BCUT2D eigenvalue weighted by molar-refractivity contribution is 0.395. The molecule has 4 nitrogen and oxygen atoms in total. The highest BCUT2D eigenvalue weighted by atomic mass is 16.5. The molecule has 17 heavy (non-hydrogen) atoms. The van der Waals surface area contributed by atoms with Gasteiger partial charge < -0.3 is 14.6 Å². The molecule has 0 bridgehead atoms. The monoisotopic (exact) mass is 231 g/mol. The van der Waals surface area contributed by atoms with Gasteiger partial charge in [0.2, 0.25) is 0 Å². The smallest absolute Gasteiger partial charge is 0.133 e. The highest BCUT2D eigenvalue weighted by Crippen LogP contribution is 2.32. The van der Waals surface area contributed by atoms with Crippen molar-refractivity contribution in [2.24, 2.45) is 0 Å². The van der Waals surface area contributed by atoms with Crippen LogP contribution in [0.3, 0.4) is 0 Å². The van der Waals surface area contributed by atoms with Crippen molar-refractivity contribution >= 4 is 0 Å². The number of rotatable bonds is 3. The van der Waals surface area contributed by atoms with Crippen molar-refractivity contribution in [2.45, 2.75) is 0 Å². The van der Waals surface area contributed by atoms with Crippen molar-refractivity contribution in [1.29, 1.82) is 0 Å². The zero-order valence-electron chi connectivity index (χ0n) is 9.68. The highest BCUT2D eigenvalue weighted by Gasteiger charge is 2.08. The molecule has 1 aromatic carbocycles. The summed E-state index contributed by atoms with van der Waals surface area (Å²) in [6.07, 6.45) is 1.40. The number of hydrogen-bond acceptors (Lipinski definition) is 4. The topological polar surface area (TPSA) is 51.6 Å². The van der Waals surface area contributed by atoms with E-state index in [0.717, 1.165) is 17.0 Å². The second-order valence-corrected chi connectivity index (χ2v) is 3.47. The van der Waals surface area contributed by atoms with Crippen LogP contribution in [0.2, 0.25) is 0 Å². The third kappa shape index (κ3) is 2.30. The van der Waals surface area contributed by atoms with Crippen LogP contribution >= 0.6 is 0 Å². The fraction of sp³-hybridized carbons (Fsp3) is 0.154. The molecule has 0 atom stereocenters. The number of benzene rings is 1. The zero-order valence-corrected chi connectivity index (χ0v) is 9.68. The molecule has 1 heterocycles. The molecular formula is C13H13NO3. The van der Waals surface area contributed by atoms with Gasteiger partial charge in [-0.05, 0) is 24.3 Å². The van der Waals surface area contributed by atoms with Crippen molar-refractivity contribution in [3.8, 4) is 28.5 Å². The van der Waals surface area contributed by atoms with Crippen LogP contribution in [-0.4, -0.2) is 24.3 Å². The average Bonchev–Trinajstić information content (AvgIpc) is 2.39. The van der Waals surface area contributed by atoms with E-state index in [9.17, 15) is 5.11 Å². The van der Waals surface area contributed by atoms with Gasteiger partial charge in [0.05, 0.1) is 26.1 Å². The molecule has 4 heteroatoms. The Hall–Kier alpha value is -2.23. The second-order valence-electron chi connectivity index (χ2n) is 3.47. The summed E-state index contributed by atoms with van der Waals surface area (Å²) in [6, 6.07) is 8.83. The lowest BCUT2D eigenvalue weighted by atomic mass is 10.1. The maximum Gasteiger partial charge on any atom is 0.133 e. The summed E-state index contributed by atoms with van der Waals surface area (Å²) >= 11 is 0. The van der Waals surface area contributed by atoms with E-state index in [1.165, 1.54) is 6.20 Å². The molecule has 1 N–H and O–H groups in total. The van der Waals surface area contributed by atoms with Gasteiger partial charge in [-0.15, -0.1) is 0 Å². The van der Waals surface area contributed by atoms with Gasteiger partial charge in [0.15, 0.2) is 0 Å². The van der Waals surface area contributed by atoms with E-state index < -0.39 is 0 Å². The number of pyridine rings is 1. The Morgan fingerprint density at radius 1 is 1.06 bits per heavy atom. The molecule has 0 unspecified atom stereocenters. The van der Waals surface area contributed by atoms with Gasteiger partial charge in [0.25, 0.3) is 0 Å². The van der Waals surface area contributed by atoms with Gasteiger partial charge in [-0.2, -0.15) is 0 Å². The van der Waals surface area contributed by atoms with Crippen LogP contribution in [0.25, 0.3) is 11.3 Å². The first-order valence-electron chi connectivity index (χ1n) is 5.12. The Morgan fingerprint density at radius 2 is 1.88 bits per heavy atom. The molecule has 1 aromatic heterocycles. The van der Waals surface area contributed by atoms with Crippen LogP contribution in [0.4, 0.5) is 0 Å². The van der Waals surface area contributed by atoms with Crippen molar-refractivity contribution < 1.29 is 14.6 Å². The molecule has 0 saturated heterocycles. The normalized spacial score (nSPS) is 10.0. The van der Waals surface area contributed by atoms with E-state index in [1.807, 2.05) is 12.1 Å². The minimum absolute atomic E-state index is 0.140. The summed E-state index contributed by atoms with van der Waals surface area (Å²) < 4.78 is 10.4. The van der Waals surface area contributed by atoms with Crippen molar-refractivity contribution in [3.63, 3.8) is 0 Å². The molecule has 88 valence electrons. The fourth-order valence-electron chi connectivity index (χ4n) is 1.56. The van der Waals surface area contributed by atoms with Gasteiger partial charge >= 0.3 is 0 Å². The van der Waals surface area contributed by atoms with Crippen LogP contribution in [0.15, 0.2) is 36.5 Å². The van der Waals surface area contributed by atoms with Crippen LogP contribution in [0.1, 0.15) is 0 Å². The molecular weight excluding hydrogens is 218 g/mol. The van der Waals surface area contributed by atoms with Crippen LogP contribution in [-0.2, 0) is 0 Å². The van der Waals surface area contributed by atoms with E-state index >= 15 is 0 Å². The molecule has 0 radical (unpaired) electrons. The highest BCUT2D eigenvalue weighted by molar-refractivity contribution is 5.68. The molecule has 0 saturated carbocycles. The number of nitrogens with zero attached hydrogens (tertiary/aromatic N) is 1. The Balaban J connectivity index is 2.47. The largest absolute Gasteiger partial charge is 0.506 e. The molecule has 0 fully saturated rings. The Kier molecular flexibility index (Phi) is 3.14. The van der Waals surface area contributed by atoms with Gasteiger partial charge in [0.1, 0.15) is 17.2 Å². The lowest BCUT2D eigenvalue weighted by Gasteiger charge is -2.09. The molecule has 0 spiro atoms. The summed E-state index contributed by atoms with van der Waals surface area (Å²) in [5.41, 5.74) is 1.59. The van der Waals surface area contributed by atoms with Gasteiger partial charge in [-0.3, -0.25) is 4.98 Å². The number of methoxy groups -OCH3 is 2. The van der Waals surface area contributed by atoms with E-state index in [4.69, 9.17) is 9.47 Å². The number of ether oxygens (including phenoxy) is 2. The predicted octanol–water partition coefficient (Wildman–Crippen LogP) is 2.47. The molecule has 2 aromatic rings. The van der Waals surface area contributed by atoms with E-state index in [-0.39, 0.29) is 5.75 Å². The second kappa shape index (κ2) is 4.74. The van der Waals surface area contributed by atoms with E-state index in [0.29, 0.717) is 5.75 Å². The Labute approximate surface area is 99.5 Å². The number of aromatic nitrogens is 1. The summed E-state index contributed by atoms with van der Waals surface area (Å²) in [5, 5.41) is 9.20. The standard InChI is InChI=1S/C13H13NO3/c1-16-10-4-5-11(13(7-10)17-2)12-6-3-9(15)8-14-12/h3-8,15H,1-2H3. The summed E-state index contributed by atoms with van der Waals surface area (Å²) in [5.74, 6) is 1.55. The molecule has 2 rings (SSSR count). The van der Waals surface area contributed by atoms with Crippen molar-refractivity contribution in [1.82, 2.24) is 4.98 Å². The average molecular weight is 231 g/mol. The lowest BCUT2D eigenvalue weighted by Crippen LogP contribution is -1.91. The molecule has 0 amide bonds. The van der Waals surface area contributed by atoms with Crippen LogP contribution in [0, 0.1) is 0 Å². The minimum Gasteiger partial charge on any atom is -0.506 e. The summed E-state index contributed by atoms with van der Waals surface area (Å²) in [7, 11) is 3.20. The molecule has 0 aliphatic carbocycles. The quantitative estimate of drug-likeness (QED) is 0.881. The van der Waals surface area contributed by atoms with E-state index in [2.05, 4.69) is 4.98 Å². The fourth-order valence-corrected chi connectivity index (χ4v) is 1.56. The predicted molar refractivity (Wildman–Crippen MR) is 64.4 cm³/mol. The van der Waals surface area contributed by atoms with Gasteiger partial charge in [-0.1, -0.05) is 0 Å². The minimum atomic E-state index is 0.140. The van der Waals surface area contributed by atoms with Gasteiger partial charge in [0, 0.05) is 11.6 Å². The third-order valence-electron chi connectivity index (χ3n) is 2.43. The number of aromatic hydroxyl groups is 1. The van der Waals surface area contributed by atoms with Crippen LogP contribution in [0.5, 0.6) is 17.2 Å². The number of hydrogen-bond donors (Lipinski definition) is 1. The maximum atomic E-state index is 9.20. The van der Waals surface area contributed by atoms with Crippen molar-refractivity contribution in [2.75, 3.05) is 14.2 Å². The first-order valence-corrected chi connectivity index (χ1v) is 5.12. The Morgan fingerprint density at radius 3 is 2.47 bits per heavy atom. The summed E-state index contributed by atoms with van der Waals surface area (Å²) in [6.45, 7) is 0. The van der Waals surface area contributed by atoms with Crippen LogP contribution < -0.4 is 9.47 Å². The van der Waals surface area contributed by atoms with Gasteiger partial charge in [-0.25, -0.2) is 0 Å². The third-order valence-corrected chi connectivity index (χ3v) is 2.43. The van der Waals surface area contributed by atoms with E-state index in [1.54, 1.807) is 32.4 Å². The molecule has 0 aliphatic rings. The first-order chi connectivity index (χ1) is 8.24.